The van der Waals surface area contributed by atoms with Gasteiger partial charge in [-0.05, 0) is 25.3 Å². The fourth-order valence-electron chi connectivity index (χ4n) is 1.68. The Morgan fingerprint density at radius 2 is 2.22 bits per heavy atom. The van der Waals surface area contributed by atoms with E-state index in [4.69, 9.17) is 4.74 Å². The number of rotatable bonds is 9. The third-order valence-corrected chi connectivity index (χ3v) is 5.44. The summed E-state index contributed by atoms with van der Waals surface area (Å²) >= 11 is 1.19. The normalized spacial score (nSPS) is 13.3. The van der Waals surface area contributed by atoms with Gasteiger partial charge in [0.2, 0.25) is 10.0 Å². The van der Waals surface area contributed by atoms with Crippen molar-refractivity contribution in [1.82, 2.24) is 15.4 Å². The second-order valence-electron chi connectivity index (χ2n) is 4.59. The molecule has 0 amide bonds. The van der Waals surface area contributed by atoms with Crippen molar-refractivity contribution in [2.24, 2.45) is 4.99 Å². The summed E-state index contributed by atoms with van der Waals surface area (Å²) in [5.41, 5.74) is 0. The van der Waals surface area contributed by atoms with Crippen LogP contribution in [0, 0.1) is 0 Å². The van der Waals surface area contributed by atoms with Crippen molar-refractivity contribution < 1.29 is 13.2 Å². The summed E-state index contributed by atoms with van der Waals surface area (Å²) in [6.45, 7) is 5.84. The van der Waals surface area contributed by atoms with E-state index in [1.807, 2.05) is 13.8 Å². The van der Waals surface area contributed by atoms with Gasteiger partial charge in [-0.15, -0.1) is 35.3 Å². The Balaban J connectivity index is 0.00000484. The van der Waals surface area contributed by atoms with Crippen molar-refractivity contribution in [2.75, 3.05) is 33.4 Å². The van der Waals surface area contributed by atoms with Crippen LogP contribution < -0.4 is 15.4 Å². The topological polar surface area (TPSA) is 91.8 Å². The lowest BCUT2D eigenvalue weighted by molar-refractivity contribution is 0.179. The Kier molecular flexibility index (Phi) is 11.8. The average Bonchev–Trinajstić information content (AvgIpc) is 2.99. The third kappa shape index (κ3) is 8.84. The lowest BCUT2D eigenvalue weighted by atomic mass is 10.4. The lowest BCUT2D eigenvalue weighted by Gasteiger charge is -2.17. The second kappa shape index (κ2) is 12.0. The maximum atomic E-state index is 11.9. The summed E-state index contributed by atoms with van der Waals surface area (Å²) in [6.07, 6.45) is 0. The second-order valence-corrected chi connectivity index (χ2v) is 7.53. The van der Waals surface area contributed by atoms with E-state index < -0.39 is 10.0 Å². The molecule has 3 N–H and O–H groups in total. The highest BCUT2D eigenvalue weighted by molar-refractivity contribution is 14.0. The number of halogens is 1. The largest absolute Gasteiger partial charge is 0.383 e. The van der Waals surface area contributed by atoms with Crippen LogP contribution in [0.5, 0.6) is 0 Å². The smallest absolute Gasteiger partial charge is 0.250 e. The molecule has 0 bridgehead atoms. The first-order valence-corrected chi connectivity index (χ1v) is 9.42. The van der Waals surface area contributed by atoms with E-state index in [9.17, 15) is 8.42 Å². The maximum Gasteiger partial charge on any atom is 0.250 e. The SMILES string of the molecule is CCNC(=NCCNS(=O)(=O)c1cccs1)NC(C)COC.I. The number of aliphatic imine (C=N–C) groups is 1. The average molecular weight is 476 g/mol. The summed E-state index contributed by atoms with van der Waals surface area (Å²) in [4.78, 5) is 4.34. The van der Waals surface area contributed by atoms with E-state index in [2.05, 4.69) is 20.3 Å². The van der Waals surface area contributed by atoms with Crippen molar-refractivity contribution in [3.05, 3.63) is 17.5 Å². The number of methoxy groups -OCH3 is 1. The van der Waals surface area contributed by atoms with Crippen molar-refractivity contribution >= 4 is 51.3 Å². The molecule has 0 aromatic carbocycles. The van der Waals surface area contributed by atoms with Crippen molar-refractivity contribution in [1.29, 1.82) is 0 Å². The van der Waals surface area contributed by atoms with Gasteiger partial charge in [-0.2, -0.15) is 0 Å². The highest BCUT2D eigenvalue weighted by Crippen LogP contribution is 2.14. The minimum absolute atomic E-state index is 0. The predicted molar refractivity (Wildman–Crippen MR) is 105 cm³/mol. The van der Waals surface area contributed by atoms with E-state index in [1.165, 1.54) is 11.3 Å². The van der Waals surface area contributed by atoms with Gasteiger partial charge in [0.15, 0.2) is 5.96 Å². The standard InChI is InChI=1S/C13H24N4O3S2.HI/c1-4-14-13(17-11(2)10-20-3)15-7-8-16-22(18,19)12-6-5-9-21-12;/h5-6,9,11,16H,4,7-8,10H2,1-3H3,(H2,14,15,17);1H. The number of hydrogen-bond acceptors (Lipinski definition) is 5. The number of sulfonamides is 1. The summed E-state index contributed by atoms with van der Waals surface area (Å²) in [5.74, 6) is 0.641. The minimum Gasteiger partial charge on any atom is -0.383 e. The fourth-order valence-corrected chi connectivity index (χ4v) is 3.74. The van der Waals surface area contributed by atoms with Crippen LogP contribution in [0.15, 0.2) is 26.7 Å². The number of ether oxygens (including phenoxy) is 1. The van der Waals surface area contributed by atoms with Gasteiger partial charge in [0.05, 0.1) is 13.2 Å². The molecule has 10 heteroatoms. The van der Waals surface area contributed by atoms with Gasteiger partial charge >= 0.3 is 0 Å². The maximum absolute atomic E-state index is 11.9. The van der Waals surface area contributed by atoms with Gasteiger partial charge in [-0.3, -0.25) is 4.99 Å². The molecule has 0 aliphatic rings. The van der Waals surface area contributed by atoms with Gasteiger partial charge in [0, 0.05) is 26.2 Å². The number of guanidine groups is 1. The molecule has 1 aromatic heterocycles. The van der Waals surface area contributed by atoms with E-state index >= 15 is 0 Å². The fraction of sp³-hybridized carbons (Fsp3) is 0.615. The van der Waals surface area contributed by atoms with Crippen LogP contribution in [-0.2, 0) is 14.8 Å². The van der Waals surface area contributed by atoms with Crippen LogP contribution in [0.25, 0.3) is 0 Å². The highest BCUT2D eigenvalue weighted by atomic mass is 127. The zero-order valence-corrected chi connectivity index (χ0v) is 17.5. The summed E-state index contributed by atoms with van der Waals surface area (Å²) in [6, 6.07) is 3.40. The molecule has 1 unspecified atom stereocenters. The van der Waals surface area contributed by atoms with E-state index in [0.29, 0.717) is 23.3 Å². The molecule has 0 spiro atoms. The lowest BCUT2D eigenvalue weighted by Crippen LogP contribution is -2.44. The molecule has 1 rings (SSSR count). The van der Waals surface area contributed by atoms with E-state index in [1.54, 1.807) is 24.6 Å². The van der Waals surface area contributed by atoms with Crippen LogP contribution in [0.3, 0.4) is 0 Å². The van der Waals surface area contributed by atoms with Crippen molar-refractivity contribution in [3.8, 4) is 0 Å². The molecule has 0 radical (unpaired) electrons. The summed E-state index contributed by atoms with van der Waals surface area (Å²) in [5, 5.41) is 8.02. The molecule has 0 aliphatic carbocycles. The van der Waals surface area contributed by atoms with Crippen LogP contribution in [0.4, 0.5) is 0 Å². The Morgan fingerprint density at radius 1 is 1.48 bits per heavy atom. The van der Waals surface area contributed by atoms with Crippen LogP contribution in [-0.4, -0.2) is 53.8 Å². The van der Waals surface area contributed by atoms with Crippen LogP contribution in [0.2, 0.25) is 0 Å². The molecule has 7 nitrogen and oxygen atoms in total. The Bertz CT molecular complexity index is 550. The first kappa shape index (κ1) is 22.6. The first-order valence-electron chi connectivity index (χ1n) is 7.06. The zero-order valence-electron chi connectivity index (χ0n) is 13.5. The predicted octanol–water partition coefficient (Wildman–Crippen LogP) is 1.23. The number of nitrogens with one attached hydrogen (secondary N) is 3. The Labute approximate surface area is 159 Å². The Hall–Kier alpha value is -0.430. The van der Waals surface area contributed by atoms with Crippen molar-refractivity contribution in [3.63, 3.8) is 0 Å². The minimum atomic E-state index is -3.42. The molecular weight excluding hydrogens is 451 g/mol. The monoisotopic (exact) mass is 476 g/mol. The quantitative estimate of drug-likeness (QED) is 0.216. The van der Waals surface area contributed by atoms with Crippen LogP contribution >= 0.6 is 35.3 Å². The van der Waals surface area contributed by atoms with Gasteiger partial charge in [0.1, 0.15) is 4.21 Å². The van der Waals surface area contributed by atoms with Crippen LogP contribution in [0.1, 0.15) is 13.8 Å². The third-order valence-electron chi connectivity index (χ3n) is 2.58. The molecule has 0 fully saturated rings. The van der Waals surface area contributed by atoms with Gasteiger partial charge < -0.3 is 15.4 Å². The Morgan fingerprint density at radius 3 is 2.78 bits per heavy atom. The molecule has 0 saturated heterocycles. The molecule has 0 aliphatic heterocycles. The molecular formula is C13H25IN4O3S2. The first-order chi connectivity index (χ1) is 10.5. The zero-order chi connectivity index (χ0) is 16.4. The van der Waals surface area contributed by atoms with Gasteiger partial charge in [0.25, 0.3) is 0 Å². The molecule has 23 heavy (non-hydrogen) atoms. The summed E-state index contributed by atoms with van der Waals surface area (Å²) in [7, 11) is -1.78. The molecule has 134 valence electrons. The van der Waals surface area contributed by atoms with Gasteiger partial charge in [-0.1, -0.05) is 6.07 Å². The highest BCUT2D eigenvalue weighted by Gasteiger charge is 2.13. The number of thiophene rings is 1. The van der Waals surface area contributed by atoms with E-state index in [0.717, 1.165) is 6.54 Å². The molecule has 1 heterocycles. The van der Waals surface area contributed by atoms with E-state index in [-0.39, 0.29) is 36.6 Å². The molecule has 0 saturated carbocycles. The van der Waals surface area contributed by atoms with Gasteiger partial charge in [-0.25, -0.2) is 13.1 Å². The molecule has 1 aromatic rings. The summed E-state index contributed by atoms with van der Waals surface area (Å²) < 4.78 is 31.8. The van der Waals surface area contributed by atoms with Crippen molar-refractivity contribution in [2.45, 2.75) is 24.1 Å². The number of hydrogen-bond donors (Lipinski definition) is 3. The molecule has 1 atom stereocenters. The number of nitrogens with zero attached hydrogens (tertiary/aromatic N) is 1.